The number of anilines is 1. The Balaban J connectivity index is 1.33. The van der Waals surface area contributed by atoms with Crippen LogP contribution in [0.1, 0.15) is 27.0 Å². The molecule has 0 radical (unpaired) electrons. The number of nitrogens with zero attached hydrogens (tertiary/aromatic N) is 1. The molecular formula is C24H19NO3. The van der Waals surface area contributed by atoms with Crippen LogP contribution in [0.4, 0.5) is 5.69 Å². The maximum atomic E-state index is 12.7. The van der Waals surface area contributed by atoms with Crippen LogP contribution in [0.25, 0.3) is 6.08 Å². The van der Waals surface area contributed by atoms with E-state index >= 15 is 0 Å². The quantitative estimate of drug-likeness (QED) is 0.488. The predicted octanol–water partition coefficient (Wildman–Crippen LogP) is 4.83. The highest BCUT2D eigenvalue weighted by molar-refractivity contribution is 6.07. The van der Waals surface area contributed by atoms with Crippen molar-refractivity contribution in [2.75, 3.05) is 11.7 Å². The van der Waals surface area contributed by atoms with Gasteiger partial charge in [-0.2, -0.15) is 0 Å². The predicted molar refractivity (Wildman–Crippen MR) is 109 cm³/mol. The first-order chi connectivity index (χ1) is 13.8. The van der Waals surface area contributed by atoms with Crippen molar-refractivity contribution in [2.24, 2.45) is 0 Å². The highest BCUT2D eigenvalue weighted by Gasteiger charge is 2.19. The Kier molecular flexibility index (Phi) is 4.09. The fourth-order valence-electron chi connectivity index (χ4n) is 3.66. The Hall–Kier alpha value is -3.53. The molecule has 3 aromatic rings. The molecule has 138 valence electrons. The summed E-state index contributed by atoms with van der Waals surface area (Å²) < 4.78 is 10.7. The molecule has 0 atom stereocenters. The smallest absolute Gasteiger partial charge is 0.231 e. The molecule has 28 heavy (non-hydrogen) atoms. The van der Waals surface area contributed by atoms with Crippen molar-refractivity contribution >= 4 is 17.5 Å². The lowest BCUT2D eigenvalue weighted by molar-refractivity contribution is 0.104. The Labute approximate surface area is 163 Å². The van der Waals surface area contributed by atoms with Crippen LogP contribution in [0.3, 0.4) is 0 Å². The summed E-state index contributed by atoms with van der Waals surface area (Å²) in [6.45, 7) is 2.00. The highest BCUT2D eigenvalue weighted by Crippen LogP contribution is 2.33. The number of rotatable bonds is 4. The minimum atomic E-state index is -0.0174. The van der Waals surface area contributed by atoms with Gasteiger partial charge in [0.2, 0.25) is 6.79 Å². The summed E-state index contributed by atoms with van der Waals surface area (Å²) in [6, 6.07) is 22.0. The summed E-state index contributed by atoms with van der Waals surface area (Å²) in [5.41, 5.74) is 5.36. The van der Waals surface area contributed by atoms with Crippen molar-refractivity contribution < 1.29 is 14.3 Å². The number of ketones is 1. The number of allylic oxidation sites excluding steroid dienone is 1. The molecule has 0 saturated heterocycles. The third kappa shape index (κ3) is 3.14. The van der Waals surface area contributed by atoms with Crippen LogP contribution >= 0.6 is 0 Å². The summed E-state index contributed by atoms with van der Waals surface area (Å²) >= 11 is 0. The SMILES string of the molecule is O=C(/C=C/c1ccc2c(c1)OCO2)c1cccc(N2Cc3ccccc3C2)c1. The molecule has 0 aliphatic carbocycles. The number of fused-ring (bicyclic) bond motifs is 2. The van der Waals surface area contributed by atoms with Gasteiger partial charge in [0.1, 0.15) is 0 Å². The van der Waals surface area contributed by atoms with Crippen molar-refractivity contribution in [1.29, 1.82) is 0 Å². The number of benzene rings is 3. The van der Waals surface area contributed by atoms with Crippen LogP contribution in [0.15, 0.2) is 72.8 Å². The van der Waals surface area contributed by atoms with Gasteiger partial charge in [0.15, 0.2) is 17.3 Å². The molecule has 0 spiro atoms. The van der Waals surface area contributed by atoms with Crippen LogP contribution in [0.2, 0.25) is 0 Å². The first-order valence-electron chi connectivity index (χ1n) is 9.30. The zero-order chi connectivity index (χ0) is 18.9. The third-order valence-corrected chi connectivity index (χ3v) is 5.16. The normalized spacial score (nSPS) is 14.5. The van der Waals surface area contributed by atoms with Crippen LogP contribution in [0.5, 0.6) is 11.5 Å². The lowest BCUT2D eigenvalue weighted by Crippen LogP contribution is -2.14. The monoisotopic (exact) mass is 369 g/mol. The topological polar surface area (TPSA) is 38.8 Å². The Morgan fingerprint density at radius 1 is 0.857 bits per heavy atom. The second-order valence-corrected chi connectivity index (χ2v) is 6.99. The lowest BCUT2D eigenvalue weighted by atomic mass is 10.1. The van der Waals surface area contributed by atoms with Crippen LogP contribution in [0, 0.1) is 0 Å². The van der Waals surface area contributed by atoms with Crippen LogP contribution in [-0.4, -0.2) is 12.6 Å². The number of ether oxygens (including phenoxy) is 2. The van der Waals surface area contributed by atoms with Gasteiger partial charge in [0.25, 0.3) is 0 Å². The van der Waals surface area contributed by atoms with Crippen molar-refractivity contribution in [3.63, 3.8) is 0 Å². The van der Waals surface area contributed by atoms with Crippen LogP contribution in [-0.2, 0) is 13.1 Å². The molecule has 0 fully saturated rings. The summed E-state index contributed by atoms with van der Waals surface area (Å²) in [6.07, 6.45) is 3.41. The third-order valence-electron chi connectivity index (χ3n) is 5.16. The number of carbonyl (C=O) groups is 1. The maximum absolute atomic E-state index is 12.7. The van der Waals surface area contributed by atoms with E-state index in [1.54, 1.807) is 6.08 Å². The molecule has 4 nitrogen and oxygen atoms in total. The maximum Gasteiger partial charge on any atom is 0.231 e. The summed E-state index contributed by atoms with van der Waals surface area (Å²) in [7, 11) is 0. The van der Waals surface area contributed by atoms with Gasteiger partial charge in [-0.1, -0.05) is 48.5 Å². The molecule has 0 aromatic heterocycles. The van der Waals surface area contributed by atoms with E-state index in [0.29, 0.717) is 11.3 Å². The molecule has 2 aliphatic rings. The second-order valence-electron chi connectivity index (χ2n) is 6.99. The van der Waals surface area contributed by atoms with Gasteiger partial charge in [-0.3, -0.25) is 4.79 Å². The fraction of sp³-hybridized carbons (Fsp3) is 0.125. The standard InChI is InChI=1S/C24H19NO3/c26-22(10-8-17-9-11-23-24(12-17)28-16-27-23)18-6-3-7-21(13-18)25-14-19-4-1-2-5-20(19)15-25/h1-13H,14-16H2/b10-8+. The molecule has 0 N–H and O–H groups in total. The van der Waals surface area contributed by atoms with Crippen LogP contribution < -0.4 is 14.4 Å². The van der Waals surface area contributed by atoms with E-state index in [4.69, 9.17) is 9.47 Å². The minimum absolute atomic E-state index is 0.0174. The Bertz CT molecular complexity index is 1060. The van der Waals surface area contributed by atoms with Gasteiger partial charge in [0, 0.05) is 24.3 Å². The van der Waals surface area contributed by atoms with E-state index in [1.807, 2.05) is 42.5 Å². The van der Waals surface area contributed by atoms with Gasteiger partial charge in [0.05, 0.1) is 0 Å². The van der Waals surface area contributed by atoms with Gasteiger partial charge >= 0.3 is 0 Å². The molecule has 0 saturated carbocycles. The zero-order valence-corrected chi connectivity index (χ0v) is 15.3. The molecule has 0 bridgehead atoms. The Morgan fingerprint density at radius 3 is 2.46 bits per heavy atom. The second kappa shape index (κ2) is 6.89. The average molecular weight is 369 g/mol. The highest BCUT2D eigenvalue weighted by atomic mass is 16.7. The molecule has 4 heteroatoms. The molecule has 2 heterocycles. The molecule has 5 rings (SSSR count). The van der Waals surface area contributed by atoms with Crippen molar-refractivity contribution in [2.45, 2.75) is 13.1 Å². The molecule has 3 aromatic carbocycles. The van der Waals surface area contributed by atoms with Crippen molar-refractivity contribution in [3.05, 3.63) is 95.1 Å². The number of hydrogen-bond acceptors (Lipinski definition) is 4. The fourth-order valence-corrected chi connectivity index (χ4v) is 3.66. The Morgan fingerprint density at radius 2 is 1.64 bits per heavy atom. The lowest BCUT2D eigenvalue weighted by Gasteiger charge is -2.18. The summed E-state index contributed by atoms with van der Waals surface area (Å²) in [4.78, 5) is 15.0. The largest absolute Gasteiger partial charge is 0.454 e. The van der Waals surface area contributed by atoms with E-state index in [0.717, 1.165) is 30.1 Å². The van der Waals surface area contributed by atoms with E-state index in [-0.39, 0.29) is 12.6 Å². The first kappa shape index (κ1) is 16.6. The molecule has 0 unspecified atom stereocenters. The average Bonchev–Trinajstić information content (AvgIpc) is 3.38. The zero-order valence-electron chi connectivity index (χ0n) is 15.3. The first-order valence-corrected chi connectivity index (χ1v) is 9.30. The molecule has 2 aliphatic heterocycles. The van der Waals surface area contributed by atoms with E-state index in [2.05, 4.69) is 35.2 Å². The van der Waals surface area contributed by atoms with Gasteiger partial charge in [-0.25, -0.2) is 0 Å². The van der Waals surface area contributed by atoms with Gasteiger partial charge in [-0.05, 0) is 47.0 Å². The summed E-state index contributed by atoms with van der Waals surface area (Å²) in [5.74, 6) is 1.43. The van der Waals surface area contributed by atoms with Gasteiger partial charge < -0.3 is 14.4 Å². The van der Waals surface area contributed by atoms with Crippen molar-refractivity contribution in [1.82, 2.24) is 0 Å². The van der Waals surface area contributed by atoms with E-state index < -0.39 is 0 Å². The van der Waals surface area contributed by atoms with Gasteiger partial charge in [-0.15, -0.1) is 0 Å². The van der Waals surface area contributed by atoms with E-state index in [1.165, 1.54) is 11.1 Å². The number of carbonyl (C=O) groups excluding carboxylic acids is 1. The summed E-state index contributed by atoms with van der Waals surface area (Å²) in [5, 5.41) is 0. The molecular weight excluding hydrogens is 350 g/mol. The molecule has 0 amide bonds. The minimum Gasteiger partial charge on any atom is -0.454 e. The van der Waals surface area contributed by atoms with Crippen molar-refractivity contribution in [3.8, 4) is 11.5 Å². The number of hydrogen-bond donors (Lipinski definition) is 0. The van der Waals surface area contributed by atoms with E-state index in [9.17, 15) is 4.79 Å².